The maximum absolute atomic E-state index is 9.83. The fourth-order valence-electron chi connectivity index (χ4n) is 1.62. The minimum Gasteiger partial charge on any atom is -0.394 e. The van der Waals surface area contributed by atoms with E-state index in [0.29, 0.717) is 5.69 Å². The van der Waals surface area contributed by atoms with E-state index >= 15 is 0 Å². The summed E-state index contributed by atoms with van der Waals surface area (Å²) < 4.78 is 4.80. The van der Waals surface area contributed by atoms with Crippen molar-refractivity contribution >= 4 is 12.4 Å². The highest BCUT2D eigenvalue weighted by molar-refractivity contribution is 5.85. The summed E-state index contributed by atoms with van der Waals surface area (Å²) in [5.74, 6) is 0.530. The molecule has 0 saturated carbocycles. The fourth-order valence-corrected chi connectivity index (χ4v) is 1.62. The molecule has 10 heteroatoms. The van der Waals surface area contributed by atoms with Crippen molar-refractivity contribution in [2.45, 2.75) is 24.9 Å². The molecular formula is C11H16ClN3O6. The van der Waals surface area contributed by atoms with Crippen LogP contribution in [0.25, 0.3) is 11.5 Å². The number of aliphatic hydroxyl groups excluding tert-OH is 5. The van der Waals surface area contributed by atoms with Gasteiger partial charge in [-0.2, -0.15) is 0 Å². The van der Waals surface area contributed by atoms with E-state index in [0.717, 1.165) is 0 Å². The number of aliphatic hydroxyl groups is 5. The van der Waals surface area contributed by atoms with Gasteiger partial charge >= 0.3 is 0 Å². The molecule has 0 aliphatic rings. The molecule has 0 bridgehead atoms. The third kappa shape index (κ3) is 3.79. The van der Waals surface area contributed by atoms with Crippen molar-refractivity contribution in [3.8, 4) is 11.5 Å². The Morgan fingerprint density at radius 3 is 2.52 bits per heavy atom. The Morgan fingerprint density at radius 1 is 1.24 bits per heavy atom. The Balaban J connectivity index is 0.00000220. The Bertz CT molecular complexity index is 560. The van der Waals surface area contributed by atoms with Crippen LogP contribution in [-0.2, 0) is 6.61 Å². The molecule has 0 saturated heterocycles. The molecule has 2 aromatic heterocycles. The van der Waals surface area contributed by atoms with E-state index in [1.54, 1.807) is 0 Å². The predicted molar refractivity (Wildman–Crippen MR) is 71.3 cm³/mol. The lowest BCUT2D eigenvalue weighted by atomic mass is 10.1. The summed E-state index contributed by atoms with van der Waals surface area (Å²) in [6.07, 6.45) is -3.20. The molecule has 3 atom stereocenters. The number of aromatic amines is 1. The van der Waals surface area contributed by atoms with Crippen LogP contribution in [0, 0.1) is 0 Å². The van der Waals surface area contributed by atoms with Gasteiger partial charge in [-0.25, -0.2) is 4.98 Å². The fraction of sp³-hybridized carbons (Fsp3) is 0.455. The molecule has 0 aliphatic carbocycles. The highest BCUT2D eigenvalue weighted by Gasteiger charge is 2.27. The van der Waals surface area contributed by atoms with Crippen LogP contribution in [0.15, 0.2) is 16.8 Å². The Kier molecular flexibility index (Phi) is 6.27. The second-order valence-electron chi connectivity index (χ2n) is 4.21. The predicted octanol–water partition coefficient (Wildman–Crippen LogP) is -1.27. The van der Waals surface area contributed by atoms with E-state index in [9.17, 15) is 15.3 Å². The Morgan fingerprint density at radius 2 is 1.95 bits per heavy atom. The lowest BCUT2D eigenvalue weighted by molar-refractivity contribution is -0.0788. The zero-order valence-electron chi connectivity index (χ0n) is 10.7. The third-order valence-electron chi connectivity index (χ3n) is 2.78. The molecule has 0 aromatic carbocycles. The first kappa shape index (κ1) is 17.6. The van der Waals surface area contributed by atoms with Crippen molar-refractivity contribution in [2.24, 2.45) is 0 Å². The third-order valence-corrected chi connectivity index (χ3v) is 2.78. The number of nitrogens with zero attached hydrogens (tertiary/aromatic N) is 2. The summed E-state index contributed by atoms with van der Waals surface area (Å²) in [6, 6.07) is 1.47. The number of rotatable bonds is 6. The zero-order valence-corrected chi connectivity index (χ0v) is 11.6. The van der Waals surface area contributed by atoms with Gasteiger partial charge < -0.3 is 35.0 Å². The average molecular weight is 322 g/mol. The van der Waals surface area contributed by atoms with Gasteiger partial charge in [0.25, 0.3) is 0 Å². The van der Waals surface area contributed by atoms with Crippen LogP contribution in [-0.4, -0.2) is 59.5 Å². The average Bonchev–Trinajstić information content (AvgIpc) is 3.12. The number of hydrogen-bond acceptors (Lipinski definition) is 8. The molecule has 2 rings (SSSR count). The monoisotopic (exact) mass is 321 g/mol. The smallest absolute Gasteiger partial charge is 0.162 e. The first-order valence-corrected chi connectivity index (χ1v) is 5.83. The van der Waals surface area contributed by atoms with Crippen molar-refractivity contribution in [3.63, 3.8) is 0 Å². The molecule has 6 N–H and O–H groups in total. The van der Waals surface area contributed by atoms with Gasteiger partial charge in [0.15, 0.2) is 11.6 Å². The summed E-state index contributed by atoms with van der Waals surface area (Å²) in [5.41, 5.74) is 0.471. The van der Waals surface area contributed by atoms with Gasteiger partial charge in [-0.3, -0.25) is 0 Å². The molecule has 0 amide bonds. The van der Waals surface area contributed by atoms with Gasteiger partial charge in [0.1, 0.15) is 30.6 Å². The van der Waals surface area contributed by atoms with Gasteiger partial charge in [-0.15, -0.1) is 12.4 Å². The van der Waals surface area contributed by atoms with E-state index in [1.807, 2.05) is 0 Å². The summed E-state index contributed by atoms with van der Waals surface area (Å²) >= 11 is 0. The quantitative estimate of drug-likeness (QED) is 0.384. The number of nitrogens with one attached hydrogen (secondary N) is 1. The second-order valence-corrected chi connectivity index (χ2v) is 4.21. The molecule has 2 aromatic rings. The van der Waals surface area contributed by atoms with Crippen LogP contribution in [0.5, 0.6) is 0 Å². The molecule has 21 heavy (non-hydrogen) atoms. The maximum atomic E-state index is 9.83. The van der Waals surface area contributed by atoms with E-state index < -0.39 is 24.9 Å². The molecule has 0 aliphatic heterocycles. The van der Waals surface area contributed by atoms with E-state index in [2.05, 4.69) is 15.1 Å². The van der Waals surface area contributed by atoms with Gasteiger partial charge in [-0.05, 0) is 0 Å². The molecular weight excluding hydrogens is 306 g/mol. The molecule has 0 fully saturated rings. The van der Waals surface area contributed by atoms with Crippen LogP contribution >= 0.6 is 12.4 Å². The van der Waals surface area contributed by atoms with Crippen molar-refractivity contribution in [3.05, 3.63) is 23.7 Å². The minimum atomic E-state index is -1.56. The molecule has 2 heterocycles. The lowest BCUT2D eigenvalue weighted by Gasteiger charge is -2.20. The standard InChI is InChI=1S/C11H15N3O6.ClH/c15-3-5-1-6(14-20-5)11-12-2-7(13-11)9(18)10(19)8(17)4-16;/h1-2,8-10,15-19H,3-4H2,(H,12,13);1H/t8-,9-,10-;/m1./s1. The van der Waals surface area contributed by atoms with Gasteiger partial charge in [0.2, 0.25) is 0 Å². The first-order chi connectivity index (χ1) is 9.56. The zero-order chi connectivity index (χ0) is 14.7. The van der Waals surface area contributed by atoms with E-state index in [1.165, 1.54) is 12.3 Å². The summed E-state index contributed by atoms with van der Waals surface area (Å²) in [7, 11) is 0. The highest BCUT2D eigenvalue weighted by atomic mass is 35.5. The summed E-state index contributed by atoms with van der Waals surface area (Å²) in [6.45, 7) is -0.979. The molecule has 0 spiro atoms. The highest BCUT2D eigenvalue weighted by Crippen LogP contribution is 2.21. The van der Waals surface area contributed by atoms with Crippen molar-refractivity contribution < 1.29 is 30.1 Å². The van der Waals surface area contributed by atoms with Crippen molar-refractivity contribution in [1.29, 1.82) is 0 Å². The molecule has 0 unspecified atom stereocenters. The number of imidazole rings is 1. The number of aromatic nitrogens is 3. The Labute approximate surface area is 125 Å². The first-order valence-electron chi connectivity index (χ1n) is 5.83. The topological polar surface area (TPSA) is 156 Å². The largest absolute Gasteiger partial charge is 0.394 e. The molecule has 9 nitrogen and oxygen atoms in total. The number of hydrogen-bond donors (Lipinski definition) is 6. The number of halogens is 1. The molecule has 118 valence electrons. The SMILES string of the molecule is Cl.OCc1cc(-c2ncc([C@@H](O)[C@H](O)[C@H](O)CO)[nH]2)no1. The van der Waals surface area contributed by atoms with Gasteiger partial charge in [0, 0.05) is 6.07 Å². The van der Waals surface area contributed by atoms with Gasteiger partial charge in [0.05, 0.1) is 18.5 Å². The van der Waals surface area contributed by atoms with Crippen LogP contribution < -0.4 is 0 Å². The molecule has 0 radical (unpaired) electrons. The minimum absolute atomic E-state index is 0. The normalized spacial score (nSPS) is 15.3. The van der Waals surface area contributed by atoms with E-state index in [-0.39, 0.29) is 36.3 Å². The van der Waals surface area contributed by atoms with Crippen LogP contribution in [0.1, 0.15) is 17.6 Å². The summed E-state index contributed by atoms with van der Waals surface area (Å²) in [4.78, 5) is 6.66. The van der Waals surface area contributed by atoms with Crippen LogP contribution in [0.3, 0.4) is 0 Å². The maximum Gasteiger partial charge on any atom is 0.162 e. The van der Waals surface area contributed by atoms with Gasteiger partial charge in [-0.1, -0.05) is 5.16 Å². The van der Waals surface area contributed by atoms with Crippen molar-refractivity contribution in [2.75, 3.05) is 6.61 Å². The lowest BCUT2D eigenvalue weighted by Crippen LogP contribution is -2.34. The Hall–Kier alpha value is -1.49. The summed E-state index contributed by atoms with van der Waals surface area (Å²) in [5, 5.41) is 49.9. The number of H-pyrrole nitrogens is 1. The van der Waals surface area contributed by atoms with Crippen LogP contribution in [0.4, 0.5) is 0 Å². The second kappa shape index (κ2) is 7.50. The van der Waals surface area contributed by atoms with Crippen molar-refractivity contribution in [1.82, 2.24) is 15.1 Å². The van der Waals surface area contributed by atoms with E-state index in [4.69, 9.17) is 14.7 Å². The van der Waals surface area contributed by atoms with Crippen LogP contribution in [0.2, 0.25) is 0 Å².